The van der Waals surface area contributed by atoms with E-state index in [1.54, 1.807) is 0 Å². The lowest BCUT2D eigenvalue weighted by Crippen LogP contribution is -2.31. The van der Waals surface area contributed by atoms with Gasteiger partial charge < -0.3 is 10.9 Å². The van der Waals surface area contributed by atoms with Crippen LogP contribution in [0.2, 0.25) is 0 Å². The summed E-state index contributed by atoms with van der Waals surface area (Å²) >= 11 is 0. The van der Waals surface area contributed by atoms with Crippen molar-refractivity contribution in [2.75, 3.05) is 5.73 Å². The predicted octanol–water partition coefficient (Wildman–Crippen LogP) is 2.95. The van der Waals surface area contributed by atoms with Gasteiger partial charge in [-0.15, -0.1) is 0 Å². The zero-order valence-corrected chi connectivity index (χ0v) is 11.3. The fourth-order valence-electron chi connectivity index (χ4n) is 2.50. The highest BCUT2D eigenvalue weighted by Crippen LogP contribution is 2.20. The lowest BCUT2D eigenvalue weighted by atomic mass is 10.00. The van der Waals surface area contributed by atoms with Crippen molar-refractivity contribution in [2.24, 2.45) is 0 Å². The van der Waals surface area contributed by atoms with Crippen LogP contribution in [0.25, 0.3) is 10.9 Å². The van der Waals surface area contributed by atoms with E-state index in [2.05, 4.69) is 0 Å². The zero-order valence-electron chi connectivity index (χ0n) is 11.3. The first-order valence-corrected chi connectivity index (χ1v) is 6.60. The number of nitrogen functional groups attached to an aromatic ring is 1. The van der Waals surface area contributed by atoms with Crippen LogP contribution in [0.1, 0.15) is 16.8 Å². The lowest BCUT2D eigenvalue weighted by Gasteiger charge is -2.10. The Morgan fingerprint density at radius 2 is 1.75 bits per heavy atom. The number of rotatable bonds is 2. The van der Waals surface area contributed by atoms with Gasteiger partial charge in [-0.1, -0.05) is 24.3 Å². The van der Waals surface area contributed by atoms with Gasteiger partial charge in [0.1, 0.15) is 0 Å². The molecule has 3 rings (SSSR count). The van der Waals surface area contributed by atoms with Crippen LogP contribution in [-0.4, -0.2) is 0 Å². The Bertz CT molecular complexity index is 764. The van der Waals surface area contributed by atoms with Crippen LogP contribution in [0.4, 0.5) is 5.69 Å². The van der Waals surface area contributed by atoms with E-state index in [4.69, 9.17) is 5.73 Å². The minimum atomic E-state index is 0.717. The minimum absolute atomic E-state index is 0.717. The minimum Gasteiger partial charge on any atom is -0.618 e. The molecule has 0 saturated carbocycles. The maximum absolute atomic E-state index is 12.1. The van der Waals surface area contributed by atoms with E-state index >= 15 is 0 Å². The molecule has 0 aliphatic rings. The topological polar surface area (TPSA) is 53.0 Å². The number of para-hydroxylation sites is 1. The van der Waals surface area contributed by atoms with Gasteiger partial charge in [0.05, 0.1) is 5.39 Å². The van der Waals surface area contributed by atoms with Crippen molar-refractivity contribution >= 4 is 16.6 Å². The Kier molecular flexibility index (Phi) is 3.03. The summed E-state index contributed by atoms with van der Waals surface area (Å²) in [6.07, 6.45) is 0.794. The summed E-state index contributed by atoms with van der Waals surface area (Å²) in [6.45, 7) is 1.84. The van der Waals surface area contributed by atoms with Gasteiger partial charge in [0.2, 0.25) is 5.52 Å². The van der Waals surface area contributed by atoms with E-state index < -0.39 is 0 Å². The van der Waals surface area contributed by atoms with Crippen LogP contribution in [0.15, 0.2) is 54.6 Å². The van der Waals surface area contributed by atoms with Crippen molar-refractivity contribution in [1.29, 1.82) is 0 Å². The summed E-state index contributed by atoms with van der Waals surface area (Å²) in [5.74, 6) is 0. The molecule has 2 N–H and O–H groups in total. The van der Waals surface area contributed by atoms with Crippen molar-refractivity contribution in [1.82, 2.24) is 0 Å². The van der Waals surface area contributed by atoms with Gasteiger partial charge in [0.15, 0.2) is 5.69 Å². The molecule has 0 unspecified atom stereocenters. The number of hydrogen-bond donors (Lipinski definition) is 1. The SMILES string of the molecule is Cc1cc(Cc2ccc(N)cc2)c2ccccc2[n+]1[O-]. The molecule has 2 aromatic carbocycles. The number of benzene rings is 2. The molecule has 100 valence electrons. The number of aryl methyl sites for hydroxylation is 1. The Labute approximate surface area is 117 Å². The molecule has 0 fully saturated rings. The predicted molar refractivity (Wildman–Crippen MR) is 81.3 cm³/mol. The molecule has 0 amide bonds. The summed E-state index contributed by atoms with van der Waals surface area (Å²) in [5.41, 5.74) is 10.3. The van der Waals surface area contributed by atoms with Crippen LogP contribution in [0.3, 0.4) is 0 Å². The van der Waals surface area contributed by atoms with Gasteiger partial charge in [0.25, 0.3) is 0 Å². The first-order chi connectivity index (χ1) is 9.65. The quantitative estimate of drug-likeness (QED) is 0.439. The van der Waals surface area contributed by atoms with Crippen molar-refractivity contribution in [3.63, 3.8) is 0 Å². The molecule has 0 atom stereocenters. The van der Waals surface area contributed by atoms with Gasteiger partial charge in [-0.05, 0) is 35.7 Å². The summed E-state index contributed by atoms with van der Waals surface area (Å²) < 4.78 is 0.988. The molecule has 0 bridgehead atoms. The van der Waals surface area contributed by atoms with Crippen LogP contribution in [-0.2, 0) is 6.42 Å². The summed E-state index contributed by atoms with van der Waals surface area (Å²) in [4.78, 5) is 0. The van der Waals surface area contributed by atoms with E-state index in [0.29, 0.717) is 5.69 Å². The van der Waals surface area contributed by atoms with E-state index in [-0.39, 0.29) is 0 Å². The average molecular weight is 264 g/mol. The standard InChI is InChI=1S/C17H16N2O/c1-12-10-14(11-13-6-8-15(18)9-7-13)16-4-2-3-5-17(16)19(12)20/h2-10H,11,18H2,1H3. The second-order valence-corrected chi connectivity index (χ2v) is 5.04. The molecule has 3 aromatic rings. The van der Waals surface area contributed by atoms with E-state index in [9.17, 15) is 5.21 Å². The number of nitrogens with two attached hydrogens (primary N) is 1. The van der Waals surface area contributed by atoms with E-state index in [0.717, 1.165) is 33.3 Å². The third-order valence-electron chi connectivity index (χ3n) is 3.55. The van der Waals surface area contributed by atoms with Crippen molar-refractivity contribution in [2.45, 2.75) is 13.3 Å². The Morgan fingerprint density at radius 3 is 2.50 bits per heavy atom. The van der Waals surface area contributed by atoms with Crippen molar-refractivity contribution in [3.05, 3.63) is 76.6 Å². The van der Waals surface area contributed by atoms with Crippen LogP contribution in [0, 0.1) is 12.1 Å². The molecular weight excluding hydrogens is 248 g/mol. The maximum atomic E-state index is 12.1. The number of nitrogens with zero attached hydrogens (tertiary/aromatic N) is 1. The number of pyridine rings is 1. The molecule has 0 spiro atoms. The van der Waals surface area contributed by atoms with E-state index in [1.807, 2.05) is 61.5 Å². The average Bonchev–Trinajstić information content (AvgIpc) is 2.47. The summed E-state index contributed by atoms with van der Waals surface area (Å²) in [7, 11) is 0. The van der Waals surface area contributed by atoms with E-state index in [1.165, 1.54) is 5.56 Å². The summed E-state index contributed by atoms with van der Waals surface area (Å²) in [6, 6.07) is 17.5. The Morgan fingerprint density at radius 1 is 1.05 bits per heavy atom. The second-order valence-electron chi connectivity index (χ2n) is 5.04. The molecule has 0 aliphatic carbocycles. The molecule has 3 heteroatoms. The van der Waals surface area contributed by atoms with Gasteiger partial charge in [-0.3, -0.25) is 0 Å². The number of hydrogen-bond acceptors (Lipinski definition) is 2. The largest absolute Gasteiger partial charge is 0.618 e. The zero-order chi connectivity index (χ0) is 14.1. The Balaban J connectivity index is 2.11. The molecule has 3 nitrogen and oxygen atoms in total. The Hall–Kier alpha value is -2.55. The number of fused-ring (bicyclic) bond motifs is 1. The van der Waals surface area contributed by atoms with Crippen molar-refractivity contribution < 1.29 is 4.73 Å². The molecular formula is C17H16N2O. The third-order valence-corrected chi connectivity index (χ3v) is 3.55. The highest BCUT2D eigenvalue weighted by molar-refractivity contribution is 5.80. The number of anilines is 1. The molecule has 0 radical (unpaired) electrons. The monoisotopic (exact) mass is 264 g/mol. The van der Waals surface area contributed by atoms with Crippen LogP contribution >= 0.6 is 0 Å². The van der Waals surface area contributed by atoms with Crippen LogP contribution in [0.5, 0.6) is 0 Å². The van der Waals surface area contributed by atoms with Crippen LogP contribution < -0.4 is 10.5 Å². The highest BCUT2D eigenvalue weighted by atomic mass is 16.5. The van der Waals surface area contributed by atoms with Gasteiger partial charge in [-0.25, -0.2) is 0 Å². The number of aromatic nitrogens is 1. The molecule has 0 saturated heterocycles. The first kappa shape index (κ1) is 12.5. The maximum Gasteiger partial charge on any atom is 0.224 e. The molecule has 0 aliphatic heterocycles. The molecule has 20 heavy (non-hydrogen) atoms. The fourth-order valence-corrected chi connectivity index (χ4v) is 2.50. The summed E-state index contributed by atoms with van der Waals surface area (Å²) in [5, 5.41) is 13.1. The fraction of sp³-hybridized carbons (Fsp3) is 0.118. The highest BCUT2D eigenvalue weighted by Gasteiger charge is 2.12. The molecule has 1 heterocycles. The second kappa shape index (κ2) is 4.85. The lowest BCUT2D eigenvalue weighted by molar-refractivity contribution is -0.584. The van der Waals surface area contributed by atoms with Gasteiger partial charge >= 0.3 is 0 Å². The van der Waals surface area contributed by atoms with Gasteiger partial charge in [0, 0.05) is 24.7 Å². The third kappa shape index (κ3) is 2.18. The molecule has 1 aromatic heterocycles. The smallest absolute Gasteiger partial charge is 0.224 e. The first-order valence-electron chi connectivity index (χ1n) is 6.60. The van der Waals surface area contributed by atoms with Gasteiger partial charge in [-0.2, -0.15) is 4.73 Å². The normalized spacial score (nSPS) is 10.8. The van der Waals surface area contributed by atoms with Crippen molar-refractivity contribution in [3.8, 4) is 0 Å².